The molecule has 0 saturated heterocycles. The molecule has 1 aromatic carbocycles. The monoisotopic (exact) mass is 252 g/mol. The second-order valence-corrected chi connectivity index (χ2v) is 3.91. The second kappa shape index (κ2) is 6.86. The molecule has 0 unspecified atom stereocenters. The van der Waals surface area contributed by atoms with Crippen LogP contribution in [0.5, 0.6) is 0 Å². The number of anilines is 2. The Balaban J connectivity index is 2.98. The zero-order valence-corrected chi connectivity index (χ0v) is 11.1. The van der Waals surface area contributed by atoms with E-state index < -0.39 is 0 Å². The Morgan fingerprint density at radius 1 is 1.44 bits per heavy atom. The first-order valence-electron chi connectivity index (χ1n) is 5.86. The molecule has 1 rings (SSSR count). The molecule has 0 amide bonds. The third kappa shape index (κ3) is 3.63. The third-order valence-corrected chi connectivity index (χ3v) is 2.56. The summed E-state index contributed by atoms with van der Waals surface area (Å²) in [4.78, 5) is 13.8. The summed E-state index contributed by atoms with van der Waals surface area (Å²) in [5.41, 5.74) is 7.53. The minimum absolute atomic E-state index is 0.342. The van der Waals surface area contributed by atoms with E-state index in [1.807, 2.05) is 18.0 Å². The van der Waals surface area contributed by atoms with Crippen LogP contribution in [-0.4, -0.2) is 39.9 Å². The predicted molar refractivity (Wildman–Crippen MR) is 72.0 cm³/mol. The summed E-state index contributed by atoms with van der Waals surface area (Å²) in [6.07, 6.45) is 0. The summed E-state index contributed by atoms with van der Waals surface area (Å²) in [5.74, 6) is -0.357. The van der Waals surface area contributed by atoms with E-state index >= 15 is 0 Å². The topological polar surface area (TPSA) is 64.8 Å². The highest BCUT2D eigenvalue weighted by molar-refractivity contribution is 5.97. The van der Waals surface area contributed by atoms with Crippen molar-refractivity contribution in [1.29, 1.82) is 0 Å². The van der Waals surface area contributed by atoms with E-state index in [1.54, 1.807) is 26.2 Å². The zero-order chi connectivity index (χ0) is 13.5. The molecule has 0 atom stereocenters. The van der Waals surface area contributed by atoms with Crippen LogP contribution in [0.15, 0.2) is 18.2 Å². The molecule has 2 N–H and O–H groups in total. The summed E-state index contributed by atoms with van der Waals surface area (Å²) in [7, 11) is 3.54. The van der Waals surface area contributed by atoms with E-state index in [4.69, 9.17) is 15.2 Å². The number of rotatable bonds is 6. The number of benzene rings is 1. The number of nitrogens with two attached hydrogens (primary N) is 1. The van der Waals surface area contributed by atoms with Crippen LogP contribution in [0.3, 0.4) is 0 Å². The van der Waals surface area contributed by atoms with E-state index in [-0.39, 0.29) is 5.97 Å². The second-order valence-electron chi connectivity index (χ2n) is 3.91. The molecule has 0 fully saturated rings. The van der Waals surface area contributed by atoms with Gasteiger partial charge in [0, 0.05) is 26.4 Å². The van der Waals surface area contributed by atoms with Gasteiger partial charge in [0.2, 0.25) is 0 Å². The number of hydrogen-bond acceptors (Lipinski definition) is 5. The van der Waals surface area contributed by atoms with E-state index in [1.165, 1.54) is 0 Å². The largest absolute Gasteiger partial charge is 0.462 e. The highest BCUT2D eigenvalue weighted by Gasteiger charge is 2.15. The number of hydrogen-bond donors (Lipinski definition) is 1. The van der Waals surface area contributed by atoms with Crippen LogP contribution < -0.4 is 10.6 Å². The summed E-state index contributed by atoms with van der Waals surface area (Å²) in [6.45, 7) is 3.39. The molecular formula is C13H20N2O3. The third-order valence-electron chi connectivity index (χ3n) is 2.56. The van der Waals surface area contributed by atoms with Gasteiger partial charge in [0.1, 0.15) is 0 Å². The van der Waals surface area contributed by atoms with Crippen LogP contribution in [0.2, 0.25) is 0 Å². The Hall–Kier alpha value is -1.75. The zero-order valence-electron chi connectivity index (χ0n) is 11.1. The lowest BCUT2D eigenvalue weighted by molar-refractivity contribution is 0.0527. The predicted octanol–water partition coefficient (Wildman–Crippen LogP) is 1.53. The van der Waals surface area contributed by atoms with Crippen LogP contribution in [0.4, 0.5) is 11.4 Å². The molecule has 0 radical (unpaired) electrons. The molecule has 5 heteroatoms. The number of ether oxygens (including phenoxy) is 2. The van der Waals surface area contributed by atoms with Gasteiger partial charge in [0.05, 0.1) is 24.5 Å². The lowest BCUT2D eigenvalue weighted by Crippen LogP contribution is -2.24. The Kier molecular flexibility index (Phi) is 5.45. The van der Waals surface area contributed by atoms with E-state index in [0.717, 1.165) is 5.69 Å². The molecule has 0 aliphatic heterocycles. The van der Waals surface area contributed by atoms with E-state index in [2.05, 4.69) is 0 Å². The molecule has 100 valence electrons. The van der Waals surface area contributed by atoms with Crippen LogP contribution in [0.25, 0.3) is 0 Å². The number of carbonyl (C=O) groups excluding carboxylic acids is 1. The molecule has 0 spiro atoms. The molecule has 5 nitrogen and oxygen atoms in total. The molecule has 0 aliphatic rings. The SMILES string of the molecule is CCOC(=O)c1cc(N)ccc1N(C)CCOC. The highest BCUT2D eigenvalue weighted by Crippen LogP contribution is 2.23. The number of esters is 1. The van der Waals surface area contributed by atoms with Crippen molar-refractivity contribution in [3.8, 4) is 0 Å². The van der Waals surface area contributed by atoms with Crippen molar-refractivity contribution in [2.24, 2.45) is 0 Å². The highest BCUT2D eigenvalue weighted by atomic mass is 16.5. The molecule has 0 bridgehead atoms. The summed E-state index contributed by atoms with van der Waals surface area (Å²) < 4.78 is 10.0. The maximum absolute atomic E-state index is 11.9. The molecule has 0 heterocycles. The van der Waals surface area contributed by atoms with Gasteiger partial charge in [-0.3, -0.25) is 0 Å². The fraction of sp³-hybridized carbons (Fsp3) is 0.462. The standard InChI is InChI=1S/C13H20N2O3/c1-4-18-13(16)11-9-10(14)5-6-12(11)15(2)7-8-17-3/h5-6,9H,4,7-8,14H2,1-3H3. The quantitative estimate of drug-likeness (QED) is 0.614. The summed E-state index contributed by atoms with van der Waals surface area (Å²) >= 11 is 0. The van der Waals surface area contributed by atoms with Crippen molar-refractivity contribution in [1.82, 2.24) is 0 Å². The van der Waals surface area contributed by atoms with Crippen molar-refractivity contribution in [2.75, 3.05) is 44.5 Å². The van der Waals surface area contributed by atoms with Crippen LogP contribution in [-0.2, 0) is 9.47 Å². The van der Waals surface area contributed by atoms with Crippen molar-refractivity contribution in [2.45, 2.75) is 6.92 Å². The Morgan fingerprint density at radius 2 is 2.17 bits per heavy atom. The minimum Gasteiger partial charge on any atom is -0.462 e. The average Bonchev–Trinajstić information content (AvgIpc) is 2.36. The van der Waals surface area contributed by atoms with Crippen molar-refractivity contribution >= 4 is 17.3 Å². The Bertz CT molecular complexity index is 407. The number of carbonyl (C=O) groups is 1. The first-order valence-corrected chi connectivity index (χ1v) is 5.86. The van der Waals surface area contributed by atoms with Gasteiger partial charge in [0.25, 0.3) is 0 Å². The maximum atomic E-state index is 11.9. The molecule has 0 aliphatic carbocycles. The van der Waals surface area contributed by atoms with E-state index in [0.29, 0.717) is 31.0 Å². The van der Waals surface area contributed by atoms with Gasteiger partial charge < -0.3 is 20.1 Å². The van der Waals surface area contributed by atoms with Crippen LogP contribution in [0, 0.1) is 0 Å². The van der Waals surface area contributed by atoms with Gasteiger partial charge in [0.15, 0.2) is 0 Å². The minimum atomic E-state index is -0.357. The van der Waals surface area contributed by atoms with Crippen molar-refractivity contribution < 1.29 is 14.3 Å². The first-order chi connectivity index (χ1) is 8.60. The van der Waals surface area contributed by atoms with Gasteiger partial charge >= 0.3 is 5.97 Å². The fourth-order valence-corrected chi connectivity index (χ4v) is 1.61. The van der Waals surface area contributed by atoms with E-state index in [9.17, 15) is 4.79 Å². The van der Waals surface area contributed by atoms with Gasteiger partial charge in [-0.2, -0.15) is 0 Å². The molecule has 0 aromatic heterocycles. The number of nitrogen functional groups attached to an aromatic ring is 1. The summed E-state index contributed by atoms with van der Waals surface area (Å²) in [5, 5.41) is 0. The van der Waals surface area contributed by atoms with Gasteiger partial charge in [-0.15, -0.1) is 0 Å². The van der Waals surface area contributed by atoms with Gasteiger partial charge in [-0.1, -0.05) is 0 Å². The molecule has 1 aromatic rings. The smallest absolute Gasteiger partial charge is 0.340 e. The van der Waals surface area contributed by atoms with Crippen molar-refractivity contribution in [3.05, 3.63) is 23.8 Å². The Morgan fingerprint density at radius 3 is 2.78 bits per heavy atom. The molecular weight excluding hydrogens is 232 g/mol. The number of likely N-dealkylation sites (N-methyl/N-ethyl adjacent to an activating group) is 1. The van der Waals surface area contributed by atoms with Crippen LogP contribution in [0.1, 0.15) is 17.3 Å². The number of nitrogens with zero attached hydrogens (tertiary/aromatic N) is 1. The maximum Gasteiger partial charge on any atom is 0.340 e. The first kappa shape index (κ1) is 14.3. The van der Waals surface area contributed by atoms with Crippen LogP contribution >= 0.6 is 0 Å². The van der Waals surface area contributed by atoms with Gasteiger partial charge in [-0.25, -0.2) is 4.79 Å². The summed E-state index contributed by atoms with van der Waals surface area (Å²) in [6, 6.07) is 5.22. The fourth-order valence-electron chi connectivity index (χ4n) is 1.61. The Labute approximate surface area is 107 Å². The average molecular weight is 252 g/mol. The van der Waals surface area contributed by atoms with Crippen molar-refractivity contribution in [3.63, 3.8) is 0 Å². The lowest BCUT2D eigenvalue weighted by atomic mass is 10.1. The molecule has 18 heavy (non-hydrogen) atoms. The number of methoxy groups -OCH3 is 1. The lowest BCUT2D eigenvalue weighted by Gasteiger charge is -2.21. The molecule has 0 saturated carbocycles. The van der Waals surface area contributed by atoms with Gasteiger partial charge in [-0.05, 0) is 25.1 Å². The normalized spacial score (nSPS) is 10.2.